The van der Waals surface area contributed by atoms with Crippen molar-refractivity contribution in [2.45, 2.75) is 31.7 Å². The lowest BCUT2D eigenvalue weighted by molar-refractivity contribution is 0.0322. The van der Waals surface area contributed by atoms with E-state index in [1.165, 1.54) is 25.0 Å². The molecule has 6 rings (SSSR count). The Kier molecular flexibility index (Phi) is 7.06. The van der Waals surface area contributed by atoms with Crippen molar-refractivity contribution in [2.75, 3.05) is 50.1 Å². The first kappa shape index (κ1) is 24.6. The van der Waals surface area contributed by atoms with Gasteiger partial charge in [0.25, 0.3) is 0 Å². The van der Waals surface area contributed by atoms with Crippen LogP contribution in [0.3, 0.4) is 0 Å². The second-order valence-electron chi connectivity index (χ2n) is 9.90. The Morgan fingerprint density at radius 1 is 1.11 bits per heavy atom. The molecule has 2 aromatic heterocycles. The van der Waals surface area contributed by atoms with Crippen LogP contribution in [0.25, 0.3) is 10.9 Å². The van der Waals surface area contributed by atoms with Crippen molar-refractivity contribution in [3.05, 3.63) is 65.6 Å². The number of H-pyrrole nitrogens is 1. The molecule has 1 atom stereocenters. The lowest BCUT2D eigenvalue weighted by Crippen LogP contribution is -2.38. The molecule has 1 saturated carbocycles. The van der Waals surface area contributed by atoms with E-state index >= 15 is 0 Å². The summed E-state index contributed by atoms with van der Waals surface area (Å²) >= 11 is 0. The highest BCUT2D eigenvalue weighted by Crippen LogP contribution is 2.40. The highest BCUT2D eigenvalue weighted by atomic mass is 19.1. The maximum atomic E-state index is 13.4. The predicted molar refractivity (Wildman–Crippen MR) is 145 cm³/mol. The van der Waals surface area contributed by atoms with E-state index in [-0.39, 0.29) is 11.9 Å². The average Bonchev–Trinajstić information content (AvgIpc) is 3.68. The van der Waals surface area contributed by atoms with Gasteiger partial charge < -0.3 is 20.1 Å². The maximum Gasteiger partial charge on any atom is 0.225 e. The maximum absolute atomic E-state index is 13.4. The summed E-state index contributed by atoms with van der Waals surface area (Å²) in [7, 11) is 0. The molecule has 0 spiro atoms. The molecule has 3 heterocycles. The second kappa shape index (κ2) is 10.9. The van der Waals surface area contributed by atoms with Gasteiger partial charge in [-0.25, -0.2) is 9.37 Å². The first-order valence-electron chi connectivity index (χ1n) is 13.2. The number of hydrogen-bond donors (Lipinski definition) is 3. The van der Waals surface area contributed by atoms with Crippen molar-refractivity contribution in [3.8, 4) is 5.75 Å². The number of anilines is 3. The zero-order valence-corrected chi connectivity index (χ0v) is 21.4. The summed E-state index contributed by atoms with van der Waals surface area (Å²) in [5, 5.41) is 15.2. The summed E-state index contributed by atoms with van der Waals surface area (Å²) in [6, 6.07) is 14.2. The molecule has 3 N–H and O–H groups in total. The average molecular weight is 518 g/mol. The van der Waals surface area contributed by atoms with Crippen LogP contribution in [-0.4, -0.2) is 64.5 Å². The summed E-state index contributed by atoms with van der Waals surface area (Å²) in [5.74, 6) is 2.89. The fraction of sp³-hybridized carbons (Fsp3) is 0.393. The van der Waals surface area contributed by atoms with E-state index in [0.717, 1.165) is 66.6 Å². The molecule has 0 bridgehead atoms. The molecule has 198 valence electrons. The topological polar surface area (TPSA) is 100 Å². The smallest absolute Gasteiger partial charge is 0.225 e. The Morgan fingerprint density at radius 3 is 2.71 bits per heavy atom. The first-order chi connectivity index (χ1) is 18.6. The Hall–Kier alpha value is -3.76. The molecule has 2 aliphatic rings. The third kappa shape index (κ3) is 5.87. The van der Waals surface area contributed by atoms with Crippen molar-refractivity contribution in [3.63, 3.8) is 0 Å². The van der Waals surface area contributed by atoms with Crippen LogP contribution in [0.5, 0.6) is 5.75 Å². The summed E-state index contributed by atoms with van der Waals surface area (Å²) in [4.78, 5) is 11.9. The molecule has 1 saturated heterocycles. The zero-order chi connectivity index (χ0) is 25.9. The van der Waals surface area contributed by atoms with Crippen molar-refractivity contribution < 1.29 is 13.9 Å². The molecule has 38 heavy (non-hydrogen) atoms. The fourth-order valence-electron chi connectivity index (χ4n) is 4.63. The molecule has 9 nitrogen and oxygen atoms in total. The molecule has 0 amide bonds. The van der Waals surface area contributed by atoms with E-state index in [1.807, 2.05) is 31.2 Å². The van der Waals surface area contributed by atoms with E-state index in [1.54, 1.807) is 12.1 Å². The number of benzene rings is 2. The van der Waals surface area contributed by atoms with Crippen LogP contribution in [-0.2, 0) is 4.74 Å². The number of ether oxygens (including phenoxy) is 2. The Bertz CT molecular complexity index is 1380. The first-order valence-corrected chi connectivity index (χ1v) is 13.2. The molecule has 1 aliphatic heterocycles. The van der Waals surface area contributed by atoms with Crippen molar-refractivity contribution in [1.82, 2.24) is 25.1 Å². The van der Waals surface area contributed by atoms with E-state index < -0.39 is 0 Å². The monoisotopic (exact) mass is 517 g/mol. The Morgan fingerprint density at radius 2 is 1.92 bits per heavy atom. The summed E-state index contributed by atoms with van der Waals surface area (Å²) in [6.45, 7) is 6.84. The quantitative estimate of drug-likeness (QED) is 0.270. The third-order valence-electron chi connectivity index (χ3n) is 7.03. The minimum absolute atomic E-state index is 0.124. The van der Waals surface area contributed by atoms with Gasteiger partial charge >= 0.3 is 0 Å². The van der Waals surface area contributed by atoms with Gasteiger partial charge in [-0.2, -0.15) is 10.1 Å². The fourth-order valence-corrected chi connectivity index (χ4v) is 4.63. The third-order valence-corrected chi connectivity index (χ3v) is 7.03. The zero-order valence-electron chi connectivity index (χ0n) is 21.4. The Balaban J connectivity index is 1.24. The largest absolute Gasteiger partial charge is 0.492 e. The lowest BCUT2D eigenvalue weighted by atomic mass is 10.1. The molecule has 1 aliphatic carbocycles. The molecule has 4 aromatic rings. The second-order valence-corrected chi connectivity index (χ2v) is 9.90. The normalized spacial score (nSPS) is 16.9. The lowest BCUT2D eigenvalue weighted by Gasteiger charge is -2.26. The number of aromatic amines is 1. The van der Waals surface area contributed by atoms with E-state index in [0.29, 0.717) is 24.3 Å². The standard InChI is InChI=1S/C28H32FN7O2/c1-18(19-4-6-21(29)7-5-19)30-28-31-25-16-22(38-15-12-36-10-13-37-14-11-36)8-9-23(25)27(33-28)32-26-17-24(34-35-26)20-2-3-20/h4-9,16-18,20H,2-3,10-15H2,1H3,(H3,30,31,32,33,34,35)/t18-/m0/s1. The number of nitrogens with zero attached hydrogens (tertiary/aromatic N) is 4. The number of morpholine rings is 1. The summed E-state index contributed by atoms with van der Waals surface area (Å²) < 4.78 is 24.9. The highest BCUT2D eigenvalue weighted by molar-refractivity contribution is 5.92. The van der Waals surface area contributed by atoms with Crippen LogP contribution >= 0.6 is 0 Å². The minimum atomic E-state index is -0.264. The SMILES string of the molecule is C[C@H](Nc1nc(Nc2cc(C3CC3)[nH]n2)c2ccc(OCCN3CCOCC3)cc2n1)c1ccc(F)cc1. The Labute approximate surface area is 220 Å². The van der Waals surface area contributed by atoms with E-state index in [4.69, 9.17) is 19.4 Å². The highest BCUT2D eigenvalue weighted by Gasteiger charge is 2.25. The molecular formula is C28H32FN7O2. The summed E-state index contributed by atoms with van der Waals surface area (Å²) in [6.07, 6.45) is 2.39. The predicted octanol–water partition coefficient (Wildman–Crippen LogP) is 5.00. The van der Waals surface area contributed by atoms with Crippen LogP contribution in [0.1, 0.15) is 43.0 Å². The van der Waals surface area contributed by atoms with Gasteiger partial charge in [-0.05, 0) is 49.6 Å². The number of hydrogen-bond acceptors (Lipinski definition) is 8. The van der Waals surface area contributed by atoms with Gasteiger partial charge in [-0.3, -0.25) is 10.00 Å². The number of fused-ring (bicyclic) bond motifs is 1. The van der Waals surface area contributed by atoms with Crippen molar-refractivity contribution in [2.24, 2.45) is 0 Å². The van der Waals surface area contributed by atoms with Gasteiger partial charge in [-0.1, -0.05) is 12.1 Å². The molecule has 0 unspecified atom stereocenters. The van der Waals surface area contributed by atoms with Crippen LogP contribution in [0, 0.1) is 5.82 Å². The summed E-state index contributed by atoms with van der Waals surface area (Å²) in [5.41, 5.74) is 2.83. The van der Waals surface area contributed by atoms with Crippen LogP contribution in [0.2, 0.25) is 0 Å². The molecule has 10 heteroatoms. The molecule has 2 aromatic carbocycles. The van der Waals surface area contributed by atoms with Crippen LogP contribution < -0.4 is 15.4 Å². The number of halogens is 1. The van der Waals surface area contributed by atoms with Gasteiger partial charge in [0.05, 0.1) is 24.8 Å². The number of rotatable bonds is 10. The minimum Gasteiger partial charge on any atom is -0.492 e. The van der Waals surface area contributed by atoms with Gasteiger partial charge in [-0.15, -0.1) is 0 Å². The van der Waals surface area contributed by atoms with Gasteiger partial charge in [0.1, 0.15) is 24.0 Å². The van der Waals surface area contributed by atoms with Crippen molar-refractivity contribution >= 4 is 28.5 Å². The van der Waals surface area contributed by atoms with Gasteiger partial charge in [0, 0.05) is 48.8 Å². The van der Waals surface area contributed by atoms with E-state index in [9.17, 15) is 4.39 Å². The van der Waals surface area contributed by atoms with Gasteiger partial charge in [0.2, 0.25) is 5.95 Å². The van der Waals surface area contributed by atoms with Crippen LogP contribution in [0.15, 0.2) is 48.5 Å². The molecular weight excluding hydrogens is 485 g/mol. The number of nitrogens with one attached hydrogen (secondary N) is 3. The van der Waals surface area contributed by atoms with Gasteiger partial charge in [0.15, 0.2) is 5.82 Å². The van der Waals surface area contributed by atoms with E-state index in [2.05, 4.69) is 25.7 Å². The molecule has 2 fully saturated rings. The number of aromatic nitrogens is 4. The van der Waals surface area contributed by atoms with Crippen molar-refractivity contribution in [1.29, 1.82) is 0 Å². The molecule has 0 radical (unpaired) electrons. The van der Waals surface area contributed by atoms with Crippen LogP contribution in [0.4, 0.5) is 22.0 Å².